The summed E-state index contributed by atoms with van der Waals surface area (Å²) in [4.78, 5) is 12.2. The van der Waals surface area contributed by atoms with Crippen molar-refractivity contribution in [2.75, 3.05) is 13.2 Å². The fourth-order valence-corrected chi connectivity index (χ4v) is 3.40. The second-order valence-corrected chi connectivity index (χ2v) is 7.65. The zero-order chi connectivity index (χ0) is 19.4. The predicted molar refractivity (Wildman–Crippen MR) is 105 cm³/mol. The summed E-state index contributed by atoms with van der Waals surface area (Å²) in [5, 5.41) is 9.77. The highest BCUT2D eigenvalue weighted by atomic mass is 32.1. The first-order valence-electron chi connectivity index (χ1n) is 9.24. The molecule has 0 saturated carbocycles. The number of carbonyl (C=O) groups is 1. The van der Waals surface area contributed by atoms with Crippen LogP contribution in [-0.2, 0) is 24.2 Å². The smallest absolute Gasteiger partial charge is 0.240 e. The van der Waals surface area contributed by atoms with E-state index in [4.69, 9.17) is 21.7 Å². The summed E-state index contributed by atoms with van der Waals surface area (Å²) >= 11 is 5.20. The van der Waals surface area contributed by atoms with E-state index >= 15 is 0 Å². The maximum absolute atomic E-state index is 12.2. The molecule has 0 unspecified atom stereocenters. The van der Waals surface area contributed by atoms with Crippen molar-refractivity contribution >= 4 is 18.1 Å². The number of hydrogen-bond donors (Lipinski definition) is 2. The third-order valence-electron chi connectivity index (χ3n) is 4.35. The summed E-state index contributed by atoms with van der Waals surface area (Å²) in [7, 11) is 0. The van der Waals surface area contributed by atoms with E-state index in [9.17, 15) is 4.79 Å². The van der Waals surface area contributed by atoms with E-state index < -0.39 is 0 Å². The second kappa shape index (κ2) is 8.12. The van der Waals surface area contributed by atoms with Crippen LogP contribution in [0.5, 0.6) is 11.5 Å². The molecule has 1 aromatic carbocycles. The van der Waals surface area contributed by atoms with Crippen molar-refractivity contribution in [2.24, 2.45) is 0 Å². The molecule has 0 aliphatic carbocycles. The molecular formula is C19H26N4O3S. The van der Waals surface area contributed by atoms with E-state index in [1.54, 1.807) is 4.57 Å². The lowest BCUT2D eigenvalue weighted by atomic mass is 10.0. The third kappa shape index (κ3) is 4.68. The van der Waals surface area contributed by atoms with Crippen molar-refractivity contribution in [1.82, 2.24) is 20.1 Å². The number of aryl methyl sites for hydroxylation is 1. The van der Waals surface area contributed by atoms with Gasteiger partial charge in [-0.1, -0.05) is 19.1 Å². The van der Waals surface area contributed by atoms with Crippen molar-refractivity contribution in [2.45, 2.75) is 52.2 Å². The molecule has 1 aromatic heterocycles. The molecule has 0 radical (unpaired) electrons. The molecule has 0 bridgehead atoms. The Hall–Kier alpha value is -2.35. The Morgan fingerprint density at radius 1 is 1.48 bits per heavy atom. The van der Waals surface area contributed by atoms with Crippen LogP contribution in [0, 0.1) is 4.77 Å². The number of hydrogen-bond acceptors (Lipinski definition) is 5. The molecule has 0 saturated heterocycles. The number of benzene rings is 1. The molecule has 2 aromatic rings. The zero-order valence-electron chi connectivity index (χ0n) is 16.0. The number of H-pyrrole nitrogens is 1. The Bertz CT molecular complexity index is 872. The van der Waals surface area contributed by atoms with Gasteiger partial charge in [-0.3, -0.25) is 14.5 Å². The normalized spacial score (nSPS) is 14.5. The first kappa shape index (κ1) is 19.4. The molecule has 1 aliphatic rings. The van der Waals surface area contributed by atoms with Gasteiger partial charge in [0.15, 0.2) is 16.3 Å². The average Bonchev–Trinajstić information content (AvgIpc) is 3.11. The lowest BCUT2D eigenvalue weighted by molar-refractivity contribution is -0.121. The van der Waals surface area contributed by atoms with Gasteiger partial charge in [-0.2, -0.15) is 5.10 Å². The van der Waals surface area contributed by atoms with Gasteiger partial charge < -0.3 is 14.8 Å². The van der Waals surface area contributed by atoms with E-state index in [1.165, 1.54) is 0 Å². The number of amides is 1. The number of para-hydroxylation sites is 1. The van der Waals surface area contributed by atoms with Crippen LogP contribution in [0.1, 0.15) is 38.6 Å². The van der Waals surface area contributed by atoms with Gasteiger partial charge in [0, 0.05) is 18.4 Å². The number of rotatable bonds is 8. The first-order chi connectivity index (χ1) is 12.9. The van der Waals surface area contributed by atoms with Gasteiger partial charge in [-0.05, 0) is 38.6 Å². The molecule has 27 heavy (non-hydrogen) atoms. The third-order valence-corrected chi connectivity index (χ3v) is 4.66. The van der Waals surface area contributed by atoms with Crippen LogP contribution in [0.25, 0.3) is 0 Å². The Labute approximate surface area is 164 Å². The molecule has 0 spiro atoms. The standard InChI is InChI=1S/C19H26N4O3S/c1-4-6-15-21-22-18(27)23(15)12-16(24)20-9-10-25-14-8-5-7-13-11-19(2,3)26-17(13)14/h5,7-8H,4,6,9-12H2,1-3H3,(H,20,24)(H,22,27). The Balaban J connectivity index is 1.49. The van der Waals surface area contributed by atoms with Crippen LogP contribution < -0.4 is 14.8 Å². The molecule has 2 N–H and O–H groups in total. The number of aromatic nitrogens is 3. The molecule has 0 fully saturated rings. The Kier molecular flexibility index (Phi) is 5.84. The molecular weight excluding hydrogens is 364 g/mol. The fourth-order valence-electron chi connectivity index (χ4n) is 3.18. The fraction of sp³-hybridized carbons (Fsp3) is 0.526. The highest BCUT2D eigenvalue weighted by Crippen LogP contribution is 2.41. The number of fused-ring (bicyclic) bond motifs is 1. The zero-order valence-corrected chi connectivity index (χ0v) is 16.8. The molecule has 1 aliphatic heterocycles. The molecule has 0 atom stereocenters. The van der Waals surface area contributed by atoms with Gasteiger partial charge in [0.1, 0.15) is 24.6 Å². The van der Waals surface area contributed by atoms with Crippen LogP contribution in [0.15, 0.2) is 18.2 Å². The topological polar surface area (TPSA) is 81.2 Å². The SMILES string of the molecule is CCCc1n[nH]c(=S)n1CC(=O)NCCOc1cccc2c1OC(C)(C)C2. The van der Waals surface area contributed by atoms with Gasteiger partial charge in [-0.15, -0.1) is 0 Å². The number of nitrogens with zero attached hydrogens (tertiary/aromatic N) is 2. The first-order valence-corrected chi connectivity index (χ1v) is 9.65. The molecule has 8 heteroatoms. The van der Waals surface area contributed by atoms with Gasteiger partial charge >= 0.3 is 0 Å². The summed E-state index contributed by atoms with van der Waals surface area (Å²) in [5.74, 6) is 2.20. The molecule has 7 nitrogen and oxygen atoms in total. The highest BCUT2D eigenvalue weighted by molar-refractivity contribution is 7.71. The molecule has 146 valence electrons. The van der Waals surface area contributed by atoms with Crippen LogP contribution in [0.4, 0.5) is 0 Å². The van der Waals surface area contributed by atoms with Crippen LogP contribution >= 0.6 is 12.2 Å². The number of nitrogens with one attached hydrogen (secondary N) is 2. The van der Waals surface area contributed by atoms with Crippen molar-refractivity contribution in [3.05, 3.63) is 34.4 Å². The predicted octanol–water partition coefficient (Wildman–Crippen LogP) is 2.80. The summed E-state index contributed by atoms with van der Waals surface area (Å²) in [6, 6.07) is 5.92. The lowest BCUT2D eigenvalue weighted by Gasteiger charge is -2.18. The van der Waals surface area contributed by atoms with Gasteiger partial charge in [-0.25, -0.2) is 0 Å². The van der Waals surface area contributed by atoms with E-state index in [-0.39, 0.29) is 18.1 Å². The monoisotopic (exact) mass is 390 g/mol. The van der Waals surface area contributed by atoms with Crippen molar-refractivity contribution in [3.63, 3.8) is 0 Å². The number of ether oxygens (including phenoxy) is 2. The van der Waals surface area contributed by atoms with E-state index in [2.05, 4.69) is 42.4 Å². The van der Waals surface area contributed by atoms with E-state index in [0.717, 1.165) is 42.1 Å². The molecule has 3 rings (SSSR count). The Morgan fingerprint density at radius 3 is 3.07 bits per heavy atom. The van der Waals surface area contributed by atoms with Crippen LogP contribution in [-0.4, -0.2) is 39.4 Å². The van der Waals surface area contributed by atoms with Gasteiger partial charge in [0.25, 0.3) is 0 Å². The second-order valence-electron chi connectivity index (χ2n) is 7.26. The minimum absolute atomic E-state index is 0.121. The summed E-state index contributed by atoms with van der Waals surface area (Å²) < 4.78 is 14.0. The summed E-state index contributed by atoms with van der Waals surface area (Å²) in [6.07, 6.45) is 2.58. The minimum atomic E-state index is -0.212. The summed E-state index contributed by atoms with van der Waals surface area (Å²) in [6.45, 7) is 7.10. The van der Waals surface area contributed by atoms with Crippen molar-refractivity contribution in [1.29, 1.82) is 0 Å². The van der Waals surface area contributed by atoms with E-state index in [1.807, 2.05) is 12.1 Å². The van der Waals surface area contributed by atoms with Crippen LogP contribution in [0.2, 0.25) is 0 Å². The minimum Gasteiger partial charge on any atom is -0.488 e. The van der Waals surface area contributed by atoms with Crippen LogP contribution in [0.3, 0.4) is 0 Å². The quantitative estimate of drug-likeness (QED) is 0.535. The van der Waals surface area contributed by atoms with Crippen molar-refractivity contribution < 1.29 is 14.3 Å². The van der Waals surface area contributed by atoms with Crippen molar-refractivity contribution in [3.8, 4) is 11.5 Å². The number of aromatic amines is 1. The van der Waals surface area contributed by atoms with Gasteiger partial charge in [0.05, 0.1) is 6.54 Å². The van der Waals surface area contributed by atoms with E-state index in [0.29, 0.717) is 17.9 Å². The molecule has 2 heterocycles. The van der Waals surface area contributed by atoms with Gasteiger partial charge in [0.2, 0.25) is 5.91 Å². The maximum Gasteiger partial charge on any atom is 0.240 e. The summed E-state index contributed by atoms with van der Waals surface area (Å²) in [5.41, 5.74) is 0.940. The largest absolute Gasteiger partial charge is 0.488 e. The average molecular weight is 391 g/mol. The molecule has 1 amide bonds. The number of carbonyl (C=O) groups excluding carboxylic acids is 1. The highest BCUT2D eigenvalue weighted by Gasteiger charge is 2.32. The Morgan fingerprint density at radius 2 is 2.30 bits per heavy atom. The lowest BCUT2D eigenvalue weighted by Crippen LogP contribution is -2.31. The maximum atomic E-state index is 12.2.